The van der Waals surface area contributed by atoms with E-state index < -0.39 is 0 Å². The second-order valence-electron chi connectivity index (χ2n) is 6.27. The summed E-state index contributed by atoms with van der Waals surface area (Å²) in [5, 5.41) is 0. The molecular formula is C16H30. The lowest BCUT2D eigenvalue weighted by atomic mass is 9.65. The lowest BCUT2D eigenvalue weighted by Crippen LogP contribution is -2.28. The molecule has 0 aromatic heterocycles. The number of fused-ring (bicyclic) bond motifs is 4. The van der Waals surface area contributed by atoms with E-state index in [1.807, 2.05) is 13.8 Å². The topological polar surface area (TPSA) is 0 Å². The molecule has 0 unspecified atom stereocenters. The maximum atomic E-state index is 2.00. The molecule has 0 atom stereocenters. The van der Waals surface area contributed by atoms with E-state index in [9.17, 15) is 0 Å². The van der Waals surface area contributed by atoms with Crippen LogP contribution in [0.2, 0.25) is 0 Å². The predicted octanol–water partition coefficient (Wildman–Crippen LogP) is 5.42. The van der Waals surface area contributed by atoms with Crippen molar-refractivity contribution in [1.29, 1.82) is 0 Å². The molecule has 0 aromatic rings. The summed E-state index contributed by atoms with van der Waals surface area (Å²) in [7, 11) is 0. The fourth-order valence-electron chi connectivity index (χ4n) is 4.08. The van der Waals surface area contributed by atoms with Gasteiger partial charge in [-0.1, -0.05) is 52.4 Å². The molecular weight excluding hydrogens is 192 g/mol. The zero-order valence-electron chi connectivity index (χ0n) is 11.4. The van der Waals surface area contributed by atoms with E-state index in [2.05, 4.69) is 0 Å². The fourth-order valence-corrected chi connectivity index (χ4v) is 4.08. The lowest BCUT2D eigenvalue weighted by Gasteiger charge is -2.40. The largest absolute Gasteiger partial charge is 0.0683 e. The zero-order valence-corrected chi connectivity index (χ0v) is 11.4. The first-order valence-corrected chi connectivity index (χ1v) is 7.90. The summed E-state index contributed by atoms with van der Waals surface area (Å²) in [6.07, 6.45) is 15.6. The molecule has 4 bridgehead atoms. The maximum Gasteiger partial charge on any atom is -0.0409 e. The fraction of sp³-hybridized carbons (Fsp3) is 1.00. The molecule has 0 spiro atoms. The molecule has 0 radical (unpaired) electrons. The highest BCUT2D eigenvalue weighted by molar-refractivity contribution is 4.84. The third-order valence-electron chi connectivity index (χ3n) is 5.12. The third-order valence-corrected chi connectivity index (χ3v) is 5.12. The van der Waals surface area contributed by atoms with Crippen LogP contribution in [-0.4, -0.2) is 0 Å². The van der Waals surface area contributed by atoms with Crippen molar-refractivity contribution in [3.8, 4) is 0 Å². The number of rotatable bonds is 0. The van der Waals surface area contributed by atoms with Gasteiger partial charge in [0.25, 0.3) is 0 Å². The minimum absolute atomic E-state index is 1.18. The van der Waals surface area contributed by atoms with Gasteiger partial charge in [-0.15, -0.1) is 0 Å². The summed E-state index contributed by atoms with van der Waals surface area (Å²) in [5.41, 5.74) is 0. The quantitative estimate of drug-likeness (QED) is 0.513. The van der Waals surface area contributed by atoms with Gasteiger partial charge >= 0.3 is 0 Å². The monoisotopic (exact) mass is 222 g/mol. The zero-order chi connectivity index (χ0) is 11.4. The predicted molar refractivity (Wildman–Crippen MR) is 71.5 cm³/mol. The highest BCUT2D eigenvalue weighted by Crippen LogP contribution is 2.45. The van der Waals surface area contributed by atoms with Crippen LogP contribution >= 0.6 is 0 Å². The average Bonchev–Trinajstić information content (AvgIpc) is 2.33. The van der Waals surface area contributed by atoms with Gasteiger partial charge in [0, 0.05) is 0 Å². The van der Waals surface area contributed by atoms with Crippen LogP contribution in [0.4, 0.5) is 0 Å². The Bertz CT molecular complexity index is 135. The van der Waals surface area contributed by atoms with Crippen molar-refractivity contribution in [3.63, 3.8) is 0 Å². The van der Waals surface area contributed by atoms with Crippen LogP contribution < -0.4 is 0 Å². The van der Waals surface area contributed by atoms with Crippen LogP contribution in [0, 0.1) is 23.7 Å². The van der Waals surface area contributed by atoms with Crippen LogP contribution in [0.1, 0.15) is 78.1 Å². The van der Waals surface area contributed by atoms with E-state index in [-0.39, 0.29) is 0 Å². The van der Waals surface area contributed by atoms with Gasteiger partial charge < -0.3 is 0 Å². The Kier molecular flexibility index (Phi) is 4.73. The van der Waals surface area contributed by atoms with Crippen molar-refractivity contribution in [2.24, 2.45) is 23.7 Å². The Labute approximate surface area is 102 Å². The molecule has 0 nitrogen and oxygen atoms in total. The first kappa shape index (κ1) is 12.5. The molecule has 16 heavy (non-hydrogen) atoms. The minimum atomic E-state index is 1.18. The number of hydrogen-bond acceptors (Lipinski definition) is 0. The summed E-state index contributed by atoms with van der Waals surface area (Å²) in [5.74, 6) is 4.72. The van der Waals surface area contributed by atoms with Gasteiger partial charge in [0.2, 0.25) is 0 Å². The Morgan fingerprint density at radius 3 is 0.812 bits per heavy atom. The van der Waals surface area contributed by atoms with Gasteiger partial charge in [-0.05, 0) is 49.4 Å². The molecule has 0 N–H and O–H groups in total. The molecule has 0 amide bonds. The summed E-state index contributed by atoms with van der Waals surface area (Å²) < 4.78 is 0. The molecule has 6 aliphatic rings. The molecule has 0 heteroatoms. The van der Waals surface area contributed by atoms with Crippen molar-refractivity contribution in [3.05, 3.63) is 0 Å². The van der Waals surface area contributed by atoms with Crippen molar-refractivity contribution in [2.45, 2.75) is 78.1 Å². The van der Waals surface area contributed by atoms with Gasteiger partial charge in [-0.25, -0.2) is 0 Å². The van der Waals surface area contributed by atoms with Gasteiger partial charge in [-0.2, -0.15) is 0 Å². The molecule has 6 rings (SSSR count). The van der Waals surface area contributed by atoms with Crippen molar-refractivity contribution < 1.29 is 0 Å². The van der Waals surface area contributed by atoms with Gasteiger partial charge in [0.1, 0.15) is 0 Å². The standard InChI is InChI=1S/2C7H12.C2H6/c2*1-2-6-4-7(3-1)5-6;1-2/h2*6-7H,1-5H2;1-2H3. The van der Waals surface area contributed by atoms with Crippen molar-refractivity contribution in [1.82, 2.24) is 0 Å². The Hall–Kier alpha value is 0. The first-order valence-electron chi connectivity index (χ1n) is 7.90. The maximum absolute atomic E-state index is 2.00. The molecule has 0 aromatic carbocycles. The van der Waals surface area contributed by atoms with E-state index in [1.165, 1.54) is 36.5 Å². The molecule has 6 saturated carbocycles. The highest BCUT2D eigenvalue weighted by Gasteiger charge is 2.32. The van der Waals surface area contributed by atoms with Crippen LogP contribution in [0.15, 0.2) is 0 Å². The van der Waals surface area contributed by atoms with Gasteiger partial charge in [-0.3, -0.25) is 0 Å². The van der Waals surface area contributed by atoms with Crippen molar-refractivity contribution >= 4 is 0 Å². The molecule has 0 aliphatic heterocycles. The SMILES string of the molecule is C1CC2CC(C1)C2.C1CC2CC(C1)C2.CC. The Balaban J connectivity index is 0.000000105. The molecule has 0 saturated heterocycles. The Morgan fingerprint density at radius 2 is 0.750 bits per heavy atom. The summed E-state index contributed by atoms with van der Waals surface area (Å²) >= 11 is 0. The Morgan fingerprint density at radius 1 is 0.500 bits per heavy atom. The minimum Gasteiger partial charge on any atom is -0.0683 e. The molecule has 6 fully saturated rings. The van der Waals surface area contributed by atoms with E-state index >= 15 is 0 Å². The van der Waals surface area contributed by atoms with Crippen molar-refractivity contribution in [2.75, 3.05) is 0 Å². The second-order valence-corrected chi connectivity index (χ2v) is 6.27. The number of hydrogen-bond donors (Lipinski definition) is 0. The normalized spacial score (nSPS) is 42.4. The first-order chi connectivity index (χ1) is 7.90. The van der Waals surface area contributed by atoms with Crippen LogP contribution in [0.5, 0.6) is 0 Å². The molecule has 0 heterocycles. The summed E-state index contributed by atoms with van der Waals surface area (Å²) in [6.45, 7) is 4.00. The average molecular weight is 222 g/mol. The second kappa shape index (κ2) is 6.07. The summed E-state index contributed by atoms with van der Waals surface area (Å²) in [6, 6.07) is 0. The smallest absolute Gasteiger partial charge is 0.0409 e. The van der Waals surface area contributed by atoms with E-state index in [0.29, 0.717) is 0 Å². The van der Waals surface area contributed by atoms with E-state index in [0.717, 1.165) is 0 Å². The van der Waals surface area contributed by atoms with Crippen LogP contribution in [0.25, 0.3) is 0 Å². The highest BCUT2D eigenvalue weighted by atomic mass is 14.4. The van der Waals surface area contributed by atoms with Gasteiger partial charge in [0.15, 0.2) is 0 Å². The summed E-state index contributed by atoms with van der Waals surface area (Å²) in [4.78, 5) is 0. The molecule has 6 aliphatic carbocycles. The third kappa shape index (κ3) is 3.02. The molecule has 94 valence electrons. The van der Waals surface area contributed by atoms with Crippen LogP contribution in [0.3, 0.4) is 0 Å². The van der Waals surface area contributed by atoms with Gasteiger partial charge in [0.05, 0.1) is 0 Å². The van der Waals surface area contributed by atoms with E-state index in [1.54, 1.807) is 51.4 Å². The lowest BCUT2D eigenvalue weighted by molar-refractivity contribution is 0.115. The van der Waals surface area contributed by atoms with Crippen LogP contribution in [-0.2, 0) is 0 Å². The van der Waals surface area contributed by atoms with E-state index in [4.69, 9.17) is 0 Å².